The van der Waals surface area contributed by atoms with Crippen molar-refractivity contribution in [3.63, 3.8) is 0 Å². The Hall–Kier alpha value is -2.07. The molecule has 104 valence electrons. The number of amides is 1. The summed E-state index contributed by atoms with van der Waals surface area (Å²) in [6.45, 7) is 1.98. The smallest absolute Gasteiger partial charge is 0.252 e. The predicted octanol–water partition coefficient (Wildman–Crippen LogP) is 2.91. The third kappa shape index (κ3) is 3.48. The summed E-state index contributed by atoms with van der Waals surface area (Å²) >= 11 is 5.96. The monoisotopic (exact) mass is 290 g/mol. The van der Waals surface area contributed by atoms with Crippen molar-refractivity contribution in [2.75, 3.05) is 0 Å². The van der Waals surface area contributed by atoms with E-state index in [1.54, 1.807) is 12.1 Å². The number of aromatic amines is 1. The summed E-state index contributed by atoms with van der Waals surface area (Å²) in [7, 11) is 0. The maximum absolute atomic E-state index is 12.1. The summed E-state index contributed by atoms with van der Waals surface area (Å²) in [5.41, 5.74) is 0.987. The number of carbonyl (C=O) groups is 1. The van der Waals surface area contributed by atoms with Crippen molar-refractivity contribution in [2.45, 2.75) is 19.4 Å². The molecule has 5 heteroatoms. The normalized spacial score (nSPS) is 11.9. The van der Waals surface area contributed by atoms with Gasteiger partial charge in [-0.05, 0) is 30.2 Å². The SMILES string of the molecule is CCC(NC(=O)c1cc[nH]c(=O)c1)c1cccc(Cl)c1. The van der Waals surface area contributed by atoms with Gasteiger partial charge in [0.05, 0.1) is 6.04 Å². The molecule has 1 aromatic heterocycles. The van der Waals surface area contributed by atoms with Gasteiger partial charge in [-0.2, -0.15) is 0 Å². The molecule has 0 saturated heterocycles. The molecule has 0 aliphatic carbocycles. The Morgan fingerprint density at radius 1 is 1.35 bits per heavy atom. The number of H-pyrrole nitrogens is 1. The molecule has 2 N–H and O–H groups in total. The predicted molar refractivity (Wildman–Crippen MR) is 79.0 cm³/mol. The van der Waals surface area contributed by atoms with E-state index < -0.39 is 0 Å². The van der Waals surface area contributed by atoms with Gasteiger partial charge in [0.25, 0.3) is 5.91 Å². The summed E-state index contributed by atoms with van der Waals surface area (Å²) < 4.78 is 0. The van der Waals surface area contributed by atoms with E-state index in [1.807, 2.05) is 25.1 Å². The summed E-state index contributed by atoms with van der Waals surface area (Å²) in [6.07, 6.45) is 2.19. The van der Waals surface area contributed by atoms with Gasteiger partial charge in [-0.25, -0.2) is 0 Å². The van der Waals surface area contributed by atoms with Crippen LogP contribution in [-0.4, -0.2) is 10.9 Å². The van der Waals surface area contributed by atoms with Gasteiger partial charge in [-0.3, -0.25) is 9.59 Å². The average molecular weight is 291 g/mol. The second-order valence-electron chi connectivity index (χ2n) is 4.43. The molecule has 1 atom stereocenters. The summed E-state index contributed by atoms with van der Waals surface area (Å²) in [5, 5.41) is 3.53. The van der Waals surface area contributed by atoms with Crippen LogP contribution in [0.15, 0.2) is 47.4 Å². The molecule has 20 heavy (non-hydrogen) atoms. The number of hydrogen-bond acceptors (Lipinski definition) is 2. The topological polar surface area (TPSA) is 62.0 Å². The van der Waals surface area contributed by atoms with Crippen LogP contribution in [0, 0.1) is 0 Å². The highest BCUT2D eigenvalue weighted by Crippen LogP contribution is 2.20. The van der Waals surface area contributed by atoms with E-state index >= 15 is 0 Å². The van der Waals surface area contributed by atoms with Gasteiger partial charge in [0.2, 0.25) is 5.56 Å². The van der Waals surface area contributed by atoms with E-state index in [0.717, 1.165) is 12.0 Å². The first-order valence-electron chi connectivity index (χ1n) is 6.35. The molecule has 0 fully saturated rings. The van der Waals surface area contributed by atoms with Crippen LogP contribution in [0.5, 0.6) is 0 Å². The van der Waals surface area contributed by atoms with E-state index in [1.165, 1.54) is 12.3 Å². The van der Waals surface area contributed by atoms with Crippen LogP contribution >= 0.6 is 11.6 Å². The molecule has 1 aromatic carbocycles. The molecule has 0 bridgehead atoms. The average Bonchev–Trinajstić information content (AvgIpc) is 2.44. The molecular weight excluding hydrogens is 276 g/mol. The highest BCUT2D eigenvalue weighted by atomic mass is 35.5. The van der Waals surface area contributed by atoms with Crippen molar-refractivity contribution >= 4 is 17.5 Å². The highest BCUT2D eigenvalue weighted by Gasteiger charge is 2.14. The maximum atomic E-state index is 12.1. The lowest BCUT2D eigenvalue weighted by Gasteiger charge is -2.17. The van der Waals surface area contributed by atoms with E-state index in [-0.39, 0.29) is 17.5 Å². The minimum atomic E-state index is -0.298. The zero-order valence-electron chi connectivity index (χ0n) is 11.0. The fourth-order valence-electron chi connectivity index (χ4n) is 1.97. The molecule has 2 rings (SSSR count). The summed E-state index contributed by atoms with van der Waals surface area (Å²) in [5.74, 6) is -0.275. The van der Waals surface area contributed by atoms with Crippen LogP contribution < -0.4 is 10.9 Å². The van der Waals surface area contributed by atoms with Crippen molar-refractivity contribution in [3.05, 3.63) is 69.1 Å². The van der Waals surface area contributed by atoms with E-state index in [2.05, 4.69) is 10.3 Å². The highest BCUT2D eigenvalue weighted by molar-refractivity contribution is 6.30. The summed E-state index contributed by atoms with van der Waals surface area (Å²) in [6, 6.07) is 10.1. The molecule has 1 amide bonds. The number of nitrogens with one attached hydrogen (secondary N) is 2. The standard InChI is InChI=1S/C15H15ClN2O2/c1-2-13(10-4-3-5-12(16)8-10)18-15(20)11-6-7-17-14(19)9-11/h3-9,13H,2H2,1H3,(H,17,19)(H,18,20). The molecular formula is C15H15ClN2O2. The van der Waals surface area contributed by atoms with Crippen LogP contribution in [0.3, 0.4) is 0 Å². The maximum Gasteiger partial charge on any atom is 0.252 e. The van der Waals surface area contributed by atoms with Crippen LogP contribution in [0.1, 0.15) is 35.3 Å². The summed E-state index contributed by atoms with van der Waals surface area (Å²) in [4.78, 5) is 25.8. The lowest BCUT2D eigenvalue weighted by atomic mass is 10.0. The number of halogens is 1. The lowest BCUT2D eigenvalue weighted by molar-refractivity contribution is 0.0935. The van der Waals surface area contributed by atoms with Gasteiger partial charge >= 0.3 is 0 Å². The molecule has 1 heterocycles. The van der Waals surface area contributed by atoms with Gasteiger partial charge < -0.3 is 10.3 Å². The van der Waals surface area contributed by atoms with Crippen molar-refractivity contribution in [2.24, 2.45) is 0 Å². The fraction of sp³-hybridized carbons (Fsp3) is 0.200. The van der Waals surface area contributed by atoms with Crippen LogP contribution in [0.2, 0.25) is 5.02 Å². The Balaban J connectivity index is 2.18. The van der Waals surface area contributed by atoms with Crippen LogP contribution in [-0.2, 0) is 0 Å². The van der Waals surface area contributed by atoms with Gasteiger partial charge in [0.1, 0.15) is 0 Å². The third-order valence-corrected chi connectivity index (χ3v) is 3.24. The van der Waals surface area contributed by atoms with Gasteiger partial charge in [0.15, 0.2) is 0 Å². The molecule has 0 aliphatic rings. The number of benzene rings is 1. The minimum Gasteiger partial charge on any atom is -0.345 e. The molecule has 0 spiro atoms. The number of aromatic nitrogens is 1. The Morgan fingerprint density at radius 2 is 2.15 bits per heavy atom. The Kier molecular flexibility index (Phi) is 4.58. The Labute approximate surface area is 121 Å². The Bertz CT molecular complexity index is 667. The van der Waals surface area contributed by atoms with Crippen molar-refractivity contribution < 1.29 is 4.79 Å². The molecule has 2 aromatic rings. The molecule has 4 nitrogen and oxygen atoms in total. The first kappa shape index (κ1) is 14.3. The van der Waals surface area contributed by atoms with Gasteiger partial charge in [0, 0.05) is 22.8 Å². The second-order valence-corrected chi connectivity index (χ2v) is 4.87. The van der Waals surface area contributed by atoms with E-state index in [4.69, 9.17) is 11.6 Å². The number of rotatable bonds is 4. The Morgan fingerprint density at radius 3 is 2.80 bits per heavy atom. The zero-order chi connectivity index (χ0) is 14.5. The quantitative estimate of drug-likeness (QED) is 0.909. The first-order chi connectivity index (χ1) is 9.60. The number of hydrogen-bond donors (Lipinski definition) is 2. The second kappa shape index (κ2) is 6.39. The van der Waals surface area contributed by atoms with Crippen LogP contribution in [0.4, 0.5) is 0 Å². The minimum absolute atomic E-state index is 0.138. The molecule has 0 radical (unpaired) electrons. The number of pyridine rings is 1. The molecule has 0 saturated carbocycles. The van der Waals surface area contributed by atoms with E-state index in [0.29, 0.717) is 10.6 Å². The first-order valence-corrected chi connectivity index (χ1v) is 6.73. The van der Waals surface area contributed by atoms with Crippen LogP contribution in [0.25, 0.3) is 0 Å². The zero-order valence-corrected chi connectivity index (χ0v) is 11.8. The largest absolute Gasteiger partial charge is 0.345 e. The fourth-order valence-corrected chi connectivity index (χ4v) is 2.17. The third-order valence-electron chi connectivity index (χ3n) is 3.00. The van der Waals surface area contributed by atoms with Gasteiger partial charge in [-0.1, -0.05) is 30.7 Å². The van der Waals surface area contributed by atoms with Crippen molar-refractivity contribution in [3.8, 4) is 0 Å². The van der Waals surface area contributed by atoms with Crippen molar-refractivity contribution in [1.29, 1.82) is 0 Å². The molecule has 0 aliphatic heterocycles. The van der Waals surface area contributed by atoms with E-state index in [9.17, 15) is 9.59 Å². The van der Waals surface area contributed by atoms with Gasteiger partial charge in [-0.15, -0.1) is 0 Å². The number of carbonyl (C=O) groups excluding carboxylic acids is 1. The lowest BCUT2D eigenvalue weighted by Crippen LogP contribution is -2.29. The van der Waals surface area contributed by atoms with Crippen molar-refractivity contribution in [1.82, 2.24) is 10.3 Å². The molecule has 1 unspecified atom stereocenters.